The van der Waals surface area contributed by atoms with E-state index in [1.54, 1.807) is 19.1 Å². The summed E-state index contributed by atoms with van der Waals surface area (Å²) in [7, 11) is 0. The van der Waals surface area contributed by atoms with Crippen molar-refractivity contribution < 1.29 is 19.8 Å². The van der Waals surface area contributed by atoms with Crippen molar-refractivity contribution in [2.75, 3.05) is 13.1 Å². The standard InChI is InChI=1S/C31H37N3O4/c1-6-19(3)12-13-23(20(4)21(5)35)24-10-8-9-11-25(24)30-26(7-2)34-15-14-22(16-29(34)32-30)31(38)33-17-27(36)28(37)18-33/h8-16,19,27-28,36-37H,6-7,17-18H2,1-5H3/b13-12-,23-20+. The number of allylic oxidation sites excluding steroid dienone is 4. The van der Waals surface area contributed by atoms with Gasteiger partial charge in [0.2, 0.25) is 0 Å². The van der Waals surface area contributed by atoms with E-state index in [-0.39, 0.29) is 24.8 Å². The van der Waals surface area contributed by atoms with Crippen LogP contribution in [0.5, 0.6) is 0 Å². The fraction of sp³-hybridized carbons (Fsp3) is 0.387. The van der Waals surface area contributed by atoms with Gasteiger partial charge in [-0.05, 0) is 55.0 Å². The summed E-state index contributed by atoms with van der Waals surface area (Å²) in [5.74, 6) is 0.158. The van der Waals surface area contributed by atoms with E-state index < -0.39 is 12.2 Å². The fourth-order valence-corrected chi connectivity index (χ4v) is 4.83. The molecule has 200 valence electrons. The topological polar surface area (TPSA) is 95.1 Å². The van der Waals surface area contributed by atoms with E-state index in [1.165, 1.54) is 4.90 Å². The number of carbonyl (C=O) groups excluding carboxylic acids is 2. The molecule has 2 aromatic heterocycles. The Hall–Kier alpha value is -3.55. The molecular formula is C31H37N3O4. The lowest BCUT2D eigenvalue weighted by Crippen LogP contribution is -2.29. The third-order valence-electron chi connectivity index (χ3n) is 7.49. The molecule has 0 spiro atoms. The first kappa shape index (κ1) is 27.5. The lowest BCUT2D eigenvalue weighted by atomic mass is 9.91. The van der Waals surface area contributed by atoms with Crippen LogP contribution < -0.4 is 0 Å². The second kappa shape index (κ2) is 11.5. The molecule has 3 heterocycles. The third-order valence-corrected chi connectivity index (χ3v) is 7.49. The van der Waals surface area contributed by atoms with E-state index in [2.05, 4.69) is 32.9 Å². The molecule has 0 radical (unpaired) electrons. The highest BCUT2D eigenvalue weighted by Crippen LogP contribution is 2.34. The van der Waals surface area contributed by atoms with Crippen molar-refractivity contribution in [1.82, 2.24) is 14.3 Å². The largest absolute Gasteiger partial charge is 0.388 e. The number of ketones is 1. The van der Waals surface area contributed by atoms with Gasteiger partial charge >= 0.3 is 0 Å². The fourth-order valence-electron chi connectivity index (χ4n) is 4.83. The highest BCUT2D eigenvalue weighted by molar-refractivity contribution is 6.04. The van der Waals surface area contributed by atoms with Crippen molar-refractivity contribution in [3.63, 3.8) is 0 Å². The minimum absolute atomic E-state index is 0.0228. The molecule has 0 aliphatic carbocycles. The first-order chi connectivity index (χ1) is 18.2. The molecule has 3 aromatic rings. The second-order valence-corrected chi connectivity index (χ2v) is 10.1. The maximum atomic E-state index is 13.1. The Labute approximate surface area is 224 Å². The van der Waals surface area contributed by atoms with E-state index in [0.717, 1.165) is 40.9 Å². The van der Waals surface area contributed by atoms with Gasteiger partial charge in [0.05, 0.1) is 23.6 Å². The van der Waals surface area contributed by atoms with E-state index in [0.29, 0.717) is 22.7 Å². The number of aliphatic hydroxyl groups is 2. The highest BCUT2D eigenvalue weighted by Gasteiger charge is 2.33. The van der Waals surface area contributed by atoms with Gasteiger partial charge in [0, 0.05) is 30.4 Å². The van der Waals surface area contributed by atoms with Crippen LogP contribution in [0.25, 0.3) is 22.5 Å². The SMILES string of the molecule is CCc1c(-c2ccccc2C(/C=C\C(C)CC)=C(\C)C(C)=O)nc2cc(C(=O)N3CC(O)C(O)C3)ccn12. The van der Waals surface area contributed by atoms with Gasteiger partial charge in [0.15, 0.2) is 5.78 Å². The summed E-state index contributed by atoms with van der Waals surface area (Å²) >= 11 is 0. The Morgan fingerprint density at radius 3 is 2.42 bits per heavy atom. The van der Waals surface area contributed by atoms with Gasteiger partial charge in [0.1, 0.15) is 5.65 Å². The molecule has 3 atom stereocenters. The number of imidazole rings is 1. The molecule has 1 aromatic carbocycles. The van der Waals surface area contributed by atoms with Crippen LogP contribution in [-0.4, -0.2) is 61.5 Å². The maximum Gasteiger partial charge on any atom is 0.254 e. The zero-order valence-electron chi connectivity index (χ0n) is 22.8. The van der Waals surface area contributed by atoms with Crippen LogP contribution in [0.2, 0.25) is 0 Å². The lowest BCUT2D eigenvalue weighted by molar-refractivity contribution is -0.113. The normalized spacial score (nSPS) is 19.3. The zero-order valence-corrected chi connectivity index (χ0v) is 22.8. The van der Waals surface area contributed by atoms with E-state index >= 15 is 0 Å². The Morgan fingerprint density at radius 2 is 1.79 bits per heavy atom. The average molecular weight is 516 g/mol. The number of likely N-dealkylation sites (tertiary alicyclic amines) is 1. The monoisotopic (exact) mass is 515 g/mol. The number of fused-ring (bicyclic) bond motifs is 1. The van der Waals surface area contributed by atoms with Gasteiger partial charge in [-0.15, -0.1) is 0 Å². The van der Waals surface area contributed by atoms with Crippen LogP contribution in [0.15, 0.2) is 60.3 Å². The number of Topliss-reactive ketones (excluding diaryl/α,β-unsaturated/α-hetero) is 1. The molecule has 4 rings (SSSR count). The number of rotatable bonds is 8. The van der Waals surface area contributed by atoms with Crippen LogP contribution >= 0.6 is 0 Å². The Bertz CT molecular complexity index is 1410. The average Bonchev–Trinajstić information content (AvgIpc) is 3.46. The van der Waals surface area contributed by atoms with Gasteiger partial charge < -0.3 is 19.5 Å². The molecule has 2 N–H and O–H groups in total. The molecule has 7 heteroatoms. The number of carbonyl (C=O) groups is 2. The van der Waals surface area contributed by atoms with Crippen molar-refractivity contribution in [1.29, 1.82) is 0 Å². The summed E-state index contributed by atoms with van der Waals surface area (Å²) in [5.41, 5.74) is 6.36. The zero-order chi connectivity index (χ0) is 27.6. The molecule has 1 aliphatic heterocycles. The van der Waals surface area contributed by atoms with Crippen molar-refractivity contribution in [2.24, 2.45) is 5.92 Å². The first-order valence-corrected chi connectivity index (χ1v) is 13.3. The van der Waals surface area contributed by atoms with Crippen LogP contribution in [0, 0.1) is 5.92 Å². The van der Waals surface area contributed by atoms with Crippen molar-refractivity contribution in [3.05, 3.63) is 77.1 Å². The predicted octanol–water partition coefficient (Wildman–Crippen LogP) is 4.71. The first-order valence-electron chi connectivity index (χ1n) is 13.3. The molecule has 0 saturated carbocycles. The van der Waals surface area contributed by atoms with Crippen LogP contribution in [0.1, 0.15) is 62.7 Å². The minimum atomic E-state index is -0.932. The summed E-state index contributed by atoms with van der Waals surface area (Å²) in [6, 6.07) is 11.5. The number of nitrogens with zero attached hydrogens (tertiary/aromatic N) is 3. The van der Waals surface area contributed by atoms with E-state index in [1.807, 2.05) is 41.8 Å². The molecule has 1 saturated heterocycles. The number of pyridine rings is 1. The number of amides is 1. The van der Waals surface area contributed by atoms with Gasteiger partial charge in [-0.3, -0.25) is 9.59 Å². The van der Waals surface area contributed by atoms with Crippen molar-refractivity contribution in [2.45, 2.75) is 59.7 Å². The van der Waals surface area contributed by atoms with Gasteiger partial charge in [0.25, 0.3) is 5.91 Å². The molecule has 3 unspecified atom stereocenters. The second-order valence-electron chi connectivity index (χ2n) is 10.1. The molecule has 38 heavy (non-hydrogen) atoms. The van der Waals surface area contributed by atoms with E-state index in [4.69, 9.17) is 4.98 Å². The number of benzene rings is 1. The predicted molar refractivity (Wildman–Crippen MR) is 150 cm³/mol. The minimum Gasteiger partial charge on any atom is -0.388 e. The Balaban J connectivity index is 1.83. The Morgan fingerprint density at radius 1 is 1.11 bits per heavy atom. The lowest BCUT2D eigenvalue weighted by Gasteiger charge is -2.15. The van der Waals surface area contributed by atoms with Crippen LogP contribution in [0.3, 0.4) is 0 Å². The van der Waals surface area contributed by atoms with Gasteiger partial charge in [-0.1, -0.05) is 63.6 Å². The van der Waals surface area contributed by atoms with Gasteiger partial charge in [-0.2, -0.15) is 0 Å². The molecular weight excluding hydrogens is 478 g/mol. The summed E-state index contributed by atoms with van der Waals surface area (Å²) in [5, 5.41) is 19.7. The third kappa shape index (κ3) is 5.35. The van der Waals surface area contributed by atoms with E-state index in [9.17, 15) is 19.8 Å². The molecule has 7 nitrogen and oxygen atoms in total. The smallest absolute Gasteiger partial charge is 0.254 e. The number of β-amino-alcohol motifs (C(OH)–C–C–N with tert-alkyl or cyclic N) is 2. The number of hydrogen-bond acceptors (Lipinski definition) is 5. The van der Waals surface area contributed by atoms with Gasteiger partial charge in [-0.25, -0.2) is 4.98 Å². The molecule has 1 amide bonds. The molecule has 1 aliphatic rings. The number of aliphatic hydroxyl groups excluding tert-OH is 2. The van der Waals surface area contributed by atoms with Crippen molar-refractivity contribution in [3.8, 4) is 11.3 Å². The number of aromatic nitrogens is 2. The molecule has 0 bridgehead atoms. The Kier molecular flexibility index (Phi) is 8.29. The molecule has 1 fully saturated rings. The number of aryl methyl sites for hydroxylation is 1. The maximum absolute atomic E-state index is 13.1. The highest BCUT2D eigenvalue weighted by atomic mass is 16.3. The summed E-state index contributed by atoms with van der Waals surface area (Å²) in [6.45, 7) is 10.0. The van der Waals surface area contributed by atoms with Crippen LogP contribution in [-0.2, 0) is 11.2 Å². The number of hydrogen-bond donors (Lipinski definition) is 2. The summed E-state index contributed by atoms with van der Waals surface area (Å²) < 4.78 is 1.99. The quantitative estimate of drug-likeness (QED) is 0.335. The summed E-state index contributed by atoms with van der Waals surface area (Å²) in [6.07, 6.45) is 5.92. The summed E-state index contributed by atoms with van der Waals surface area (Å²) in [4.78, 5) is 32.0. The van der Waals surface area contributed by atoms with Crippen molar-refractivity contribution >= 4 is 22.9 Å². The van der Waals surface area contributed by atoms with Crippen LogP contribution in [0.4, 0.5) is 0 Å².